The van der Waals surface area contributed by atoms with Crippen molar-refractivity contribution in [2.24, 2.45) is 0 Å². The Kier molecular flexibility index (Phi) is 3.30. The van der Waals surface area contributed by atoms with Crippen molar-refractivity contribution in [2.75, 3.05) is 0 Å². The highest BCUT2D eigenvalue weighted by molar-refractivity contribution is 5.65. The molecule has 0 saturated heterocycles. The van der Waals surface area contributed by atoms with Crippen molar-refractivity contribution in [2.45, 2.75) is 6.18 Å². The summed E-state index contributed by atoms with van der Waals surface area (Å²) >= 11 is 0. The fourth-order valence-electron chi connectivity index (χ4n) is 1.69. The van der Waals surface area contributed by atoms with Crippen LogP contribution in [0.5, 0.6) is 0 Å². The van der Waals surface area contributed by atoms with E-state index in [9.17, 15) is 17.6 Å². The molecule has 2 aromatic carbocycles. The van der Waals surface area contributed by atoms with Crippen LogP contribution in [-0.2, 0) is 6.18 Å². The van der Waals surface area contributed by atoms with Gasteiger partial charge in [0.15, 0.2) is 0 Å². The van der Waals surface area contributed by atoms with E-state index in [1.807, 2.05) is 0 Å². The zero-order valence-electron chi connectivity index (χ0n) is 9.63. The van der Waals surface area contributed by atoms with Gasteiger partial charge in [0.2, 0.25) is 0 Å². The Bertz CT molecular complexity index is 631. The Morgan fingerprint density at radius 3 is 2.05 bits per heavy atom. The summed E-state index contributed by atoms with van der Waals surface area (Å²) in [6, 6.07) is 8.45. The third-order valence-corrected chi connectivity index (χ3v) is 2.61. The summed E-state index contributed by atoms with van der Waals surface area (Å²) in [7, 11) is 0. The molecule has 0 aliphatic carbocycles. The van der Waals surface area contributed by atoms with Gasteiger partial charge < -0.3 is 0 Å². The number of alkyl halides is 3. The lowest BCUT2D eigenvalue weighted by molar-refractivity contribution is -0.137. The minimum absolute atomic E-state index is 0.342. The van der Waals surface area contributed by atoms with Crippen molar-refractivity contribution in [3.8, 4) is 23.5 Å². The Hall–Kier alpha value is -2.28. The van der Waals surface area contributed by atoms with Crippen LogP contribution in [0.1, 0.15) is 11.1 Å². The van der Waals surface area contributed by atoms with E-state index >= 15 is 0 Å². The fraction of sp³-hybridized carbons (Fsp3) is 0.0667. The molecule has 0 aliphatic rings. The van der Waals surface area contributed by atoms with Crippen molar-refractivity contribution in [3.05, 3.63) is 59.4 Å². The Balaban J connectivity index is 2.43. The van der Waals surface area contributed by atoms with Crippen LogP contribution >= 0.6 is 0 Å². The Morgan fingerprint density at radius 1 is 0.895 bits per heavy atom. The first kappa shape index (κ1) is 13.2. The molecule has 0 radical (unpaired) electrons. The molecule has 0 aromatic heterocycles. The SMILES string of the molecule is C#Cc1cc(F)cc(-c2ccc(C(F)(F)F)cc2)c1. The number of terminal acetylenes is 1. The average Bonchev–Trinajstić information content (AvgIpc) is 2.37. The summed E-state index contributed by atoms with van der Waals surface area (Å²) in [5.74, 6) is 1.77. The fourth-order valence-corrected chi connectivity index (χ4v) is 1.69. The van der Waals surface area contributed by atoms with Gasteiger partial charge in [-0.15, -0.1) is 6.42 Å². The highest BCUT2D eigenvalue weighted by Gasteiger charge is 2.29. The lowest BCUT2D eigenvalue weighted by atomic mass is 10.0. The van der Waals surface area contributed by atoms with Gasteiger partial charge in [-0.25, -0.2) is 4.39 Å². The molecule has 4 heteroatoms. The topological polar surface area (TPSA) is 0 Å². The zero-order chi connectivity index (χ0) is 14.0. The summed E-state index contributed by atoms with van der Waals surface area (Å²) in [5, 5.41) is 0. The molecular formula is C15H8F4. The van der Waals surface area contributed by atoms with Crippen LogP contribution in [-0.4, -0.2) is 0 Å². The number of rotatable bonds is 1. The average molecular weight is 264 g/mol. The first-order chi connectivity index (χ1) is 8.90. The molecule has 0 bridgehead atoms. The first-order valence-corrected chi connectivity index (χ1v) is 5.35. The van der Waals surface area contributed by atoms with Crippen molar-refractivity contribution in [1.82, 2.24) is 0 Å². The van der Waals surface area contributed by atoms with Crippen LogP contribution in [0.25, 0.3) is 11.1 Å². The highest BCUT2D eigenvalue weighted by atomic mass is 19.4. The van der Waals surface area contributed by atoms with Crippen LogP contribution in [0.3, 0.4) is 0 Å². The molecule has 0 heterocycles. The third kappa shape index (κ3) is 2.94. The summed E-state index contributed by atoms with van der Waals surface area (Å²) in [6.07, 6.45) is 0.797. The highest BCUT2D eigenvalue weighted by Crippen LogP contribution is 2.31. The van der Waals surface area contributed by atoms with Gasteiger partial charge in [0.25, 0.3) is 0 Å². The monoisotopic (exact) mass is 264 g/mol. The molecule has 0 nitrogen and oxygen atoms in total. The number of hydrogen-bond acceptors (Lipinski definition) is 0. The maximum atomic E-state index is 13.3. The quantitative estimate of drug-likeness (QED) is 0.525. The van der Waals surface area contributed by atoms with E-state index in [0.29, 0.717) is 16.7 Å². The van der Waals surface area contributed by atoms with Crippen molar-refractivity contribution in [3.63, 3.8) is 0 Å². The van der Waals surface area contributed by atoms with E-state index in [2.05, 4.69) is 5.92 Å². The largest absolute Gasteiger partial charge is 0.416 e. The molecule has 0 unspecified atom stereocenters. The predicted octanol–water partition coefficient (Wildman–Crippen LogP) is 4.49. The lowest BCUT2D eigenvalue weighted by Crippen LogP contribution is -2.04. The molecule has 0 atom stereocenters. The smallest absolute Gasteiger partial charge is 0.207 e. The molecule has 2 aromatic rings. The molecule has 0 saturated carbocycles. The van der Waals surface area contributed by atoms with E-state index in [-0.39, 0.29) is 0 Å². The maximum Gasteiger partial charge on any atom is 0.416 e. The second kappa shape index (κ2) is 4.77. The van der Waals surface area contributed by atoms with Gasteiger partial charge in [0.05, 0.1) is 5.56 Å². The van der Waals surface area contributed by atoms with Crippen molar-refractivity contribution >= 4 is 0 Å². The van der Waals surface area contributed by atoms with Gasteiger partial charge in [-0.1, -0.05) is 18.1 Å². The minimum atomic E-state index is -4.38. The van der Waals surface area contributed by atoms with Crippen molar-refractivity contribution < 1.29 is 17.6 Å². The van der Waals surface area contributed by atoms with Gasteiger partial charge >= 0.3 is 6.18 Å². The first-order valence-electron chi connectivity index (χ1n) is 5.35. The summed E-state index contributed by atoms with van der Waals surface area (Å²) in [6.45, 7) is 0. The third-order valence-electron chi connectivity index (χ3n) is 2.61. The molecule has 0 spiro atoms. The molecule has 96 valence electrons. The van der Waals surface area contributed by atoms with Gasteiger partial charge in [-0.2, -0.15) is 13.2 Å². The van der Waals surface area contributed by atoms with Crippen LogP contribution in [0.4, 0.5) is 17.6 Å². The molecule has 2 rings (SSSR count). The summed E-state index contributed by atoms with van der Waals surface area (Å²) < 4.78 is 50.5. The van der Waals surface area contributed by atoms with E-state index in [4.69, 9.17) is 6.42 Å². The molecule has 0 aliphatic heterocycles. The standard InChI is InChI=1S/C15H8F4/c1-2-10-7-12(9-14(16)8-10)11-3-5-13(6-4-11)15(17,18)19/h1,3-9H. The van der Waals surface area contributed by atoms with E-state index in [0.717, 1.165) is 12.1 Å². The van der Waals surface area contributed by atoms with E-state index in [1.165, 1.54) is 24.3 Å². The van der Waals surface area contributed by atoms with E-state index in [1.54, 1.807) is 6.07 Å². The molecule has 0 fully saturated rings. The number of benzene rings is 2. The molecular weight excluding hydrogens is 256 g/mol. The number of hydrogen-bond donors (Lipinski definition) is 0. The second-order valence-corrected chi connectivity index (χ2v) is 3.95. The summed E-state index contributed by atoms with van der Waals surface area (Å²) in [5.41, 5.74) is 0.519. The molecule has 0 N–H and O–H groups in total. The maximum absolute atomic E-state index is 13.3. The summed E-state index contributed by atoms with van der Waals surface area (Å²) in [4.78, 5) is 0. The van der Waals surface area contributed by atoms with E-state index < -0.39 is 17.6 Å². The molecule has 0 amide bonds. The van der Waals surface area contributed by atoms with Gasteiger partial charge in [0, 0.05) is 5.56 Å². The second-order valence-electron chi connectivity index (χ2n) is 3.95. The van der Waals surface area contributed by atoms with Crippen LogP contribution in [0.2, 0.25) is 0 Å². The van der Waals surface area contributed by atoms with Gasteiger partial charge in [-0.05, 0) is 41.5 Å². The van der Waals surface area contributed by atoms with Crippen LogP contribution in [0, 0.1) is 18.2 Å². The number of halogens is 4. The Morgan fingerprint density at radius 2 is 1.53 bits per heavy atom. The predicted molar refractivity (Wildman–Crippen MR) is 64.8 cm³/mol. The van der Waals surface area contributed by atoms with Gasteiger partial charge in [-0.3, -0.25) is 0 Å². The Labute approximate surface area is 107 Å². The zero-order valence-corrected chi connectivity index (χ0v) is 9.63. The normalized spacial score (nSPS) is 11.1. The lowest BCUT2D eigenvalue weighted by Gasteiger charge is -2.08. The van der Waals surface area contributed by atoms with Crippen molar-refractivity contribution in [1.29, 1.82) is 0 Å². The van der Waals surface area contributed by atoms with Crippen LogP contribution in [0.15, 0.2) is 42.5 Å². The minimum Gasteiger partial charge on any atom is -0.207 e. The molecule has 19 heavy (non-hydrogen) atoms. The van der Waals surface area contributed by atoms with Gasteiger partial charge in [0.1, 0.15) is 5.82 Å². The van der Waals surface area contributed by atoms with Crippen LogP contribution < -0.4 is 0 Å².